The van der Waals surface area contributed by atoms with Crippen molar-refractivity contribution < 1.29 is 79.3 Å². The third-order valence-electron chi connectivity index (χ3n) is 8.04. The van der Waals surface area contributed by atoms with Gasteiger partial charge in [-0.15, -0.1) is 0 Å². The first-order chi connectivity index (χ1) is 24.6. The van der Waals surface area contributed by atoms with Crippen molar-refractivity contribution in [3.8, 4) is 46.0 Å². The van der Waals surface area contributed by atoms with Crippen molar-refractivity contribution in [1.82, 2.24) is 0 Å². The summed E-state index contributed by atoms with van der Waals surface area (Å²) in [5.74, 6) is -10.8. The Kier molecular flexibility index (Phi) is 10.3. The molecule has 270 valence electrons. The van der Waals surface area contributed by atoms with Gasteiger partial charge in [-0.2, -0.15) is 0 Å². The van der Waals surface area contributed by atoms with E-state index < -0.39 is 94.8 Å². The fourth-order valence-electron chi connectivity index (χ4n) is 5.49. The third kappa shape index (κ3) is 7.86. The number of fused-ring (bicyclic) bond motifs is 1. The number of carboxylic acids is 2. The number of hydrogen-bond acceptors (Lipinski definition) is 14. The van der Waals surface area contributed by atoms with Gasteiger partial charge in [0, 0.05) is 24.5 Å². The van der Waals surface area contributed by atoms with E-state index in [2.05, 4.69) is 0 Å². The Balaban J connectivity index is 1.47. The van der Waals surface area contributed by atoms with Gasteiger partial charge in [0.1, 0.15) is 12.0 Å². The summed E-state index contributed by atoms with van der Waals surface area (Å²) in [6, 6.07) is 13.0. The molecular weight excluding hydrogens is 688 g/mol. The average Bonchev–Trinajstić information content (AvgIpc) is 3.50. The zero-order valence-electron chi connectivity index (χ0n) is 26.6. The second kappa shape index (κ2) is 14.8. The number of phenolic OH excluding ortho intramolecular Hbond substituents is 7. The molecular formula is C36H30O16. The maximum atomic E-state index is 13.9. The van der Waals surface area contributed by atoms with Crippen LogP contribution in [0.25, 0.3) is 6.08 Å². The molecule has 16 heteroatoms. The van der Waals surface area contributed by atoms with Gasteiger partial charge in [-0.05, 0) is 70.8 Å². The molecule has 4 aromatic carbocycles. The molecule has 1 aliphatic heterocycles. The van der Waals surface area contributed by atoms with Gasteiger partial charge in [0.2, 0.25) is 12.2 Å². The lowest BCUT2D eigenvalue weighted by Gasteiger charge is -2.22. The third-order valence-corrected chi connectivity index (χ3v) is 8.04. The second-order valence-corrected chi connectivity index (χ2v) is 11.6. The molecule has 16 nitrogen and oxygen atoms in total. The number of carbonyl (C=O) groups is 4. The smallest absolute Gasteiger partial charge is 0.345 e. The monoisotopic (exact) mass is 718 g/mol. The summed E-state index contributed by atoms with van der Waals surface area (Å²) in [4.78, 5) is 50.9. The van der Waals surface area contributed by atoms with Gasteiger partial charge in [0.05, 0.1) is 0 Å². The lowest BCUT2D eigenvalue weighted by atomic mass is 9.87. The van der Waals surface area contributed by atoms with E-state index in [4.69, 9.17) is 14.2 Å². The number of aromatic hydroxyl groups is 7. The van der Waals surface area contributed by atoms with Gasteiger partial charge in [-0.3, -0.25) is 4.79 Å². The molecule has 0 radical (unpaired) electrons. The van der Waals surface area contributed by atoms with E-state index >= 15 is 0 Å². The largest absolute Gasteiger partial charge is 0.504 e. The van der Waals surface area contributed by atoms with E-state index in [1.54, 1.807) is 0 Å². The topological polar surface area (TPSA) is 278 Å². The molecule has 1 unspecified atom stereocenters. The lowest BCUT2D eigenvalue weighted by molar-refractivity contribution is -0.166. The summed E-state index contributed by atoms with van der Waals surface area (Å²) >= 11 is 0. The van der Waals surface area contributed by atoms with Gasteiger partial charge in [0.15, 0.2) is 46.0 Å². The van der Waals surface area contributed by atoms with Crippen molar-refractivity contribution in [2.24, 2.45) is 0 Å². The molecule has 52 heavy (non-hydrogen) atoms. The summed E-state index contributed by atoms with van der Waals surface area (Å²) in [5, 5.41) is 89.1. The second-order valence-electron chi connectivity index (χ2n) is 11.6. The van der Waals surface area contributed by atoms with E-state index in [1.165, 1.54) is 24.3 Å². The fraction of sp³-hybridized carbons (Fsp3) is 0.167. The summed E-state index contributed by atoms with van der Waals surface area (Å²) in [6.07, 6.45) is -3.85. The quantitative estimate of drug-likeness (QED) is 0.0577. The Morgan fingerprint density at radius 1 is 0.635 bits per heavy atom. The van der Waals surface area contributed by atoms with Crippen molar-refractivity contribution in [3.63, 3.8) is 0 Å². The molecule has 4 aromatic rings. The normalized spacial score (nSPS) is 16.0. The summed E-state index contributed by atoms with van der Waals surface area (Å²) < 4.78 is 16.5. The number of phenols is 7. The van der Waals surface area contributed by atoms with Crippen LogP contribution in [0.4, 0.5) is 0 Å². The van der Waals surface area contributed by atoms with Gasteiger partial charge >= 0.3 is 23.9 Å². The first-order valence-corrected chi connectivity index (χ1v) is 15.2. The highest BCUT2D eigenvalue weighted by atomic mass is 16.6. The number of carbonyl (C=O) groups excluding carboxylic acids is 2. The molecule has 0 aliphatic carbocycles. The molecule has 0 aromatic heterocycles. The Hall–Kier alpha value is -7.10. The Labute approximate surface area is 292 Å². The number of rotatable bonds is 12. The van der Waals surface area contributed by atoms with E-state index in [9.17, 15) is 65.1 Å². The van der Waals surface area contributed by atoms with E-state index in [-0.39, 0.29) is 40.0 Å². The maximum absolute atomic E-state index is 13.9. The van der Waals surface area contributed by atoms with Crippen LogP contribution in [0, 0.1) is 0 Å². The van der Waals surface area contributed by atoms with Crippen molar-refractivity contribution in [1.29, 1.82) is 0 Å². The van der Waals surface area contributed by atoms with Gasteiger partial charge in [0.25, 0.3) is 0 Å². The maximum Gasteiger partial charge on any atom is 0.345 e. The van der Waals surface area contributed by atoms with Gasteiger partial charge in [-0.25, -0.2) is 14.4 Å². The molecule has 0 spiro atoms. The van der Waals surface area contributed by atoms with Gasteiger partial charge < -0.3 is 60.2 Å². The minimum atomic E-state index is -1.84. The average molecular weight is 719 g/mol. The summed E-state index contributed by atoms with van der Waals surface area (Å²) in [5.41, 5.74) is 0.445. The van der Waals surface area contributed by atoms with Crippen molar-refractivity contribution in [2.45, 2.75) is 37.1 Å². The lowest BCUT2D eigenvalue weighted by Crippen LogP contribution is -2.33. The molecule has 5 rings (SSSR count). The standard InChI is InChI=1S/C36H30O16/c37-20-6-1-16(11-24(20)41)13-27(34(45)46)50-29(44)10-5-18-3-9-23(40)33-30(18)31(32(52-33)19-4-8-22(39)26(43)15-19)36(49)51-28(35(47)48)14-17-2-7-21(38)25(42)12-17/h1-12,15,27-28,31-32,37-43H,13-14H2,(H,45,46)(H,47,48)/b10-5+/t27-,28-,31+,32?/m1/s1. The van der Waals surface area contributed by atoms with Crippen LogP contribution in [0.15, 0.2) is 72.8 Å². The van der Waals surface area contributed by atoms with Crippen LogP contribution in [0.1, 0.15) is 39.8 Å². The van der Waals surface area contributed by atoms with Crippen LogP contribution in [0.3, 0.4) is 0 Å². The van der Waals surface area contributed by atoms with Crippen LogP contribution in [0.5, 0.6) is 46.0 Å². The highest BCUT2D eigenvalue weighted by Gasteiger charge is 2.46. The Morgan fingerprint density at radius 3 is 1.65 bits per heavy atom. The number of aliphatic carboxylic acids is 2. The fourth-order valence-corrected chi connectivity index (χ4v) is 5.49. The minimum absolute atomic E-state index is 0.0443. The molecule has 0 saturated carbocycles. The molecule has 4 atom stereocenters. The van der Waals surface area contributed by atoms with E-state index in [0.717, 1.165) is 54.6 Å². The molecule has 0 bridgehead atoms. The van der Waals surface area contributed by atoms with Crippen LogP contribution in [0.2, 0.25) is 0 Å². The highest BCUT2D eigenvalue weighted by molar-refractivity contribution is 5.92. The first kappa shape index (κ1) is 36.2. The van der Waals surface area contributed by atoms with Crippen molar-refractivity contribution in [2.75, 3.05) is 0 Å². The number of ether oxygens (including phenoxy) is 3. The Bertz CT molecular complexity index is 2090. The number of esters is 2. The van der Waals surface area contributed by atoms with Gasteiger partial charge in [-0.1, -0.05) is 24.3 Å². The van der Waals surface area contributed by atoms with Crippen LogP contribution in [-0.4, -0.2) is 82.0 Å². The van der Waals surface area contributed by atoms with E-state index in [0.29, 0.717) is 0 Å². The Morgan fingerprint density at radius 2 is 1.13 bits per heavy atom. The SMILES string of the molecule is O=C(/C=C/c1ccc(O)c2c1[C@H](C(=O)O[C@H](Cc1ccc(O)c(O)c1)C(=O)O)C(c1ccc(O)c(O)c1)O2)O[C@H](Cc1ccc(O)c(O)c1)C(=O)O. The molecule has 0 fully saturated rings. The van der Waals surface area contributed by atoms with Crippen LogP contribution in [-0.2, 0) is 41.5 Å². The van der Waals surface area contributed by atoms with Crippen molar-refractivity contribution in [3.05, 3.63) is 101 Å². The van der Waals surface area contributed by atoms with Crippen molar-refractivity contribution >= 4 is 30.0 Å². The number of carboxylic acid groups (broad SMARTS) is 2. The summed E-state index contributed by atoms with van der Waals surface area (Å²) in [6.45, 7) is 0. The van der Waals surface area contributed by atoms with E-state index in [1.807, 2.05) is 0 Å². The first-order valence-electron chi connectivity index (χ1n) is 15.2. The summed E-state index contributed by atoms with van der Waals surface area (Å²) in [7, 11) is 0. The minimum Gasteiger partial charge on any atom is -0.504 e. The molecule has 1 heterocycles. The number of benzene rings is 4. The predicted molar refractivity (Wildman–Crippen MR) is 175 cm³/mol. The molecule has 1 aliphatic rings. The number of hydrogen-bond donors (Lipinski definition) is 9. The molecule has 9 N–H and O–H groups in total. The molecule has 0 amide bonds. The predicted octanol–water partition coefficient (Wildman–Crippen LogP) is 3.33. The zero-order valence-corrected chi connectivity index (χ0v) is 26.6. The zero-order chi connectivity index (χ0) is 37.9. The highest BCUT2D eigenvalue weighted by Crippen LogP contribution is 2.53. The van der Waals surface area contributed by atoms with Crippen LogP contribution < -0.4 is 4.74 Å². The van der Waals surface area contributed by atoms with Crippen LogP contribution >= 0.6 is 0 Å². The molecule has 0 saturated heterocycles.